The molecule has 1 unspecified atom stereocenters. The molecule has 0 saturated carbocycles. The van der Waals surface area contributed by atoms with E-state index >= 15 is 0 Å². The average Bonchev–Trinajstić information content (AvgIpc) is 2.76. The zero-order chi connectivity index (χ0) is 23.8. The van der Waals surface area contributed by atoms with E-state index in [0.717, 1.165) is 34.7 Å². The van der Waals surface area contributed by atoms with Crippen molar-refractivity contribution in [3.05, 3.63) is 71.4 Å². The summed E-state index contributed by atoms with van der Waals surface area (Å²) in [6.45, 7) is 2.03. The Bertz CT molecular complexity index is 1320. The molecule has 2 aromatic carbocycles. The van der Waals surface area contributed by atoms with Crippen LogP contribution in [0.4, 0.5) is 5.69 Å². The Labute approximate surface area is 192 Å². The molecule has 3 aromatic rings. The van der Waals surface area contributed by atoms with E-state index in [-0.39, 0.29) is 23.6 Å². The summed E-state index contributed by atoms with van der Waals surface area (Å²) in [5.74, 6) is -0.980. The molecule has 4 rings (SSSR count). The van der Waals surface area contributed by atoms with Crippen molar-refractivity contribution < 1.29 is 23.4 Å². The molecular weight excluding hydrogens is 442 g/mol. The third-order valence-corrected chi connectivity index (χ3v) is 6.44. The monoisotopic (exact) mass is 467 g/mol. The highest BCUT2D eigenvalue weighted by Crippen LogP contribution is 2.36. The van der Waals surface area contributed by atoms with Crippen LogP contribution in [0.2, 0.25) is 0 Å². The number of amides is 1. The van der Waals surface area contributed by atoms with Crippen LogP contribution in [-0.2, 0) is 16.4 Å². The number of aryl methyl sites for hydroxylation is 2. The Balaban J connectivity index is 1.77. The SMILES string of the molecule is Cc1cccnc1-c1ccc2c(c1)CCC(CNS(C)(=O)=O)N2C(=O)c1ccc(O)cc1O. The zero-order valence-corrected chi connectivity index (χ0v) is 19.1. The predicted octanol–water partition coefficient (Wildman–Crippen LogP) is 2.98. The second-order valence-electron chi connectivity index (χ2n) is 8.20. The number of aromatic nitrogens is 1. The lowest BCUT2D eigenvalue weighted by atomic mass is 9.92. The number of nitrogens with one attached hydrogen (secondary N) is 1. The van der Waals surface area contributed by atoms with Gasteiger partial charge in [-0.2, -0.15) is 0 Å². The van der Waals surface area contributed by atoms with Crippen LogP contribution in [0.1, 0.15) is 27.9 Å². The molecule has 33 heavy (non-hydrogen) atoms. The highest BCUT2D eigenvalue weighted by molar-refractivity contribution is 7.88. The van der Waals surface area contributed by atoms with Gasteiger partial charge in [-0.3, -0.25) is 9.78 Å². The van der Waals surface area contributed by atoms with E-state index in [1.807, 2.05) is 37.3 Å². The van der Waals surface area contributed by atoms with Crippen molar-refractivity contribution in [1.29, 1.82) is 0 Å². The first-order valence-corrected chi connectivity index (χ1v) is 12.4. The molecule has 172 valence electrons. The first-order chi connectivity index (χ1) is 15.6. The fraction of sp³-hybridized carbons (Fsp3) is 0.250. The van der Waals surface area contributed by atoms with Gasteiger partial charge in [-0.25, -0.2) is 13.1 Å². The minimum Gasteiger partial charge on any atom is -0.508 e. The number of carbonyl (C=O) groups excluding carboxylic acids is 1. The fourth-order valence-corrected chi connectivity index (χ4v) is 4.65. The van der Waals surface area contributed by atoms with E-state index in [9.17, 15) is 23.4 Å². The van der Waals surface area contributed by atoms with E-state index in [0.29, 0.717) is 18.5 Å². The summed E-state index contributed by atoms with van der Waals surface area (Å²) in [4.78, 5) is 19.5. The predicted molar refractivity (Wildman–Crippen MR) is 126 cm³/mol. The van der Waals surface area contributed by atoms with Crippen LogP contribution in [0, 0.1) is 6.92 Å². The van der Waals surface area contributed by atoms with Crippen LogP contribution >= 0.6 is 0 Å². The van der Waals surface area contributed by atoms with Gasteiger partial charge >= 0.3 is 0 Å². The Kier molecular flexibility index (Phi) is 6.09. The summed E-state index contributed by atoms with van der Waals surface area (Å²) < 4.78 is 25.9. The van der Waals surface area contributed by atoms with Gasteiger partial charge in [0.2, 0.25) is 10.0 Å². The number of hydrogen-bond acceptors (Lipinski definition) is 6. The number of sulfonamides is 1. The van der Waals surface area contributed by atoms with Gasteiger partial charge in [-0.15, -0.1) is 0 Å². The lowest BCUT2D eigenvalue weighted by Gasteiger charge is -2.37. The third kappa shape index (κ3) is 4.84. The van der Waals surface area contributed by atoms with Gasteiger partial charge in [-0.05, 0) is 61.2 Å². The van der Waals surface area contributed by atoms with Crippen molar-refractivity contribution in [1.82, 2.24) is 9.71 Å². The number of carbonyl (C=O) groups is 1. The molecule has 1 amide bonds. The summed E-state index contributed by atoms with van der Waals surface area (Å²) in [6.07, 6.45) is 3.99. The largest absolute Gasteiger partial charge is 0.508 e. The summed E-state index contributed by atoms with van der Waals surface area (Å²) >= 11 is 0. The number of phenolic OH excluding ortho intramolecular Hbond substituents is 2. The molecule has 0 fully saturated rings. The summed E-state index contributed by atoms with van der Waals surface area (Å²) in [6, 6.07) is 12.9. The number of hydrogen-bond donors (Lipinski definition) is 3. The van der Waals surface area contributed by atoms with Gasteiger partial charge in [0.05, 0.1) is 23.6 Å². The van der Waals surface area contributed by atoms with Gasteiger partial charge in [-0.1, -0.05) is 12.1 Å². The highest BCUT2D eigenvalue weighted by atomic mass is 32.2. The first kappa shape index (κ1) is 22.8. The number of phenols is 2. The third-order valence-electron chi connectivity index (χ3n) is 5.75. The van der Waals surface area contributed by atoms with Crippen LogP contribution in [-0.4, -0.2) is 48.4 Å². The molecule has 3 N–H and O–H groups in total. The van der Waals surface area contributed by atoms with Crippen molar-refractivity contribution in [3.8, 4) is 22.8 Å². The van der Waals surface area contributed by atoms with Gasteiger partial charge in [0.25, 0.3) is 5.91 Å². The van der Waals surface area contributed by atoms with Crippen LogP contribution in [0.5, 0.6) is 11.5 Å². The minimum atomic E-state index is -3.45. The number of aromatic hydroxyl groups is 2. The molecule has 0 saturated heterocycles. The molecule has 0 spiro atoms. The molecule has 8 nitrogen and oxygen atoms in total. The molecule has 0 aliphatic carbocycles. The first-order valence-electron chi connectivity index (χ1n) is 10.5. The van der Waals surface area contributed by atoms with E-state index in [1.165, 1.54) is 17.0 Å². The maximum atomic E-state index is 13.5. The summed E-state index contributed by atoms with van der Waals surface area (Å²) in [5, 5.41) is 19.9. The van der Waals surface area contributed by atoms with E-state index < -0.39 is 22.0 Å². The summed E-state index contributed by atoms with van der Waals surface area (Å²) in [5.41, 5.74) is 4.42. The van der Waals surface area contributed by atoms with Gasteiger partial charge in [0.15, 0.2) is 0 Å². The molecule has 0 radical (unpaired) electrons. The van der Waals surface area contributed by atoms with Gasteiger partial charge in [0, 0.05) is 30.1 Å². The lowest BCUT2D eigenvalue weighted by Crippen LogP contribution is -2.49. The molecule has 1 atom stereocenters. The quantitative estimate of drug-likeness (QED) is 0.531. The normalized spacial score (nSPS) is 15.8. The van der Waals surface area contributed by atoms with E-state index in [2.05, 4.69) is 9.71 Å². The summed E-state index contributed by atoms with van der Waals surface area (Å²) in [7, 11) is -3.45. The Morgan fingerprint density at radius 2 is 1.97 bits per heavy atom. The maximum Gasteiger partial charge on any atom is 0.262 e. The molecule has 1 aliphatic rings. The fourth-order valence-electron chi connectivity index (χ4n) is 4.15. The topological polar surface area (TPSA) is 120 Å². The molecular formula is C24H25N3O5S. The van der Waals surface area contributed by atoms with Crippen molar-refractivity contribution >= 4 is 21.6 Å². The Morgan fingerprint density at radius 1 is 1.18 bits per heavy atom. The molecule has 9 heteroatoms. The second-order valence-corrected chi connectivity index (χ2v) is 10.0. The molecule has 2 heterocycles. The van der Waals surface area contributed by atoms with E-state index in [1.54, 1.807) is 6.20 Å². The average molecular weight is 468 g/mol. The Hall–Kier alpha value is -3.43. The zero-order valence-electron chi connectivity index (χ0n) is 18.3. The minimum absolute atomic E-state index is 0.0228. The van der Waals surface area contributed by atoms with Gasteiger partial charge in [0.1, 0.15) is 11.5 Å². The van der Waals surface area contributed by atoms with Crippen molar-refractivity contribution in [2.45, 2.75) is 25.8 Å². The van der Waals surface area contributed by atoms with E-state index in [4.69, 9.17) is 0 Å². The Morgan fingerprint density at radius 3 is 2.67 bits per heavy atom. The number of benzene rings is 2. The van der Waals surface area contributed by atoms with Gasteiger partial charge < -0.3 is 15.1 Å². The number of pyridine rings is 1. The number of rotatable bonds is 5. The standard InChI is InChI=1S/C24H25N3O5S/c1-15-4-3-11-25-23(15)17-6-10-21-16(12-17)5-7-18(14-26-33(2,31)32)27(21)24(30)20-9-8-19(28)13-22(20)29/h3-4,6,8-13,18,26,28-29H,5,7,14H2,1-2H3. The number of nitrogens with zero attached hydrogens (tertiary/aromatic N) is 2. The van der Waals surface area contributed by atoms with Crippen LogP contribution in [0.25, 0.3) is 11.3 Å². The highest BCUT2D eigenvalue weighted by Gasteiger charge is 2.33. The molecule has 1 aliphatic heterocycles. The smallest absolute Gasteiger partial charge is 0.262 e. The lowest BCUT2D eigenvalue weighted by molar-refractivity contribution is 0.0970. The van der Waals surface area contributed by atoms with Crippen molar-refractivity contribution in [2.75, 3.05) is 17.7 Å². The van der Waals surface area contributed by atoms with Crippen LogP contribution < -0.4 is 9.62 Å². The molecule has 1 aromatic heterocycles. The number of anilines is 1. The number of fused-ring (bicyclic) bond motifs is 1. The van der Waals surface area contributed by atoms with Crippen LogP contribution in [0.15, 0.2) is 54.7 Å². The van der Waals surface area contributed by atoms with Crippen molar-refractivity contribution in [2.24, 2.45) is 0 Å². The maximum absolute atomic E-state index is 13.5. The molecule has 0 bridgehead atoms. The second kappa shape index (κ2) is 8.84. The van der Waals surface area contributed by atoms with Crippen molar-refractivity contribution in [3.63, 3.8) is 0 Å². The van der Waals surface area contributed by atoms with Crippen LogP contribution in [0.3, 0.4) is 0 Å².